The van der Waals surface area contributed by atoms with Crippen molar-refractivity contribution in [3.05, 3.63) is 154 Å². The Balaban J connectivity index is 0.00000562. The van der Waals surface area contributed by atoms with Crippen LogP contribution in [0.5, 0.6) is 0 Å². The van der Waals surface area contributed by atoms with Gasteiger partial charge in [-0.2, -0.15) is 38.7 Å². The van der Waals surface area contributed by atoms with Crippen molar-refractivity contribution in [2.45, 2.75) is 37.6 Å². The molecule has 0 saturated heterocycles. The number of nitrogens with one attached hydrogen (secondary N) is 2. The van der Waals surface area contributed by atoms with Crippen molar-refractivity contribution in [3.63, 3.8) is 0 Å². The first-order valence-electron chi connectivity index (χ1n) is 15.6. The molecule has 254 valence electrons. The molecule has 4 aromatic rings. The second-order valence-electron chi connectivity index (χ2n) is 11.8. The number of aryl methyl sites for hydroxylation is 2. The maximum Gasteiger partial charge on any atom is 1.00 e. The van der Waals surface area contributed by atoms with E-state index in [1.807, 2.05) is 68.0 Å². The molecule has 1 aliphatic carbocycles. The van der Waals surface area contributed by atoms with Gasteiger partial charge in [0.2, 0.25) is 0 Å². The van der Waals surface area contributed by atoms with Gasteiger partial charge in [-0.05, 0) is 103 Å². The van der Waals surface area contributed by atoms with Gasteiger partial charge in [0.25, 0.3) is 10.1 Å². The first kappa shape index (κ1) is 39.0. The Morgan fingerprint density at radius 3 is 2.06 bits per heavy atom. The molecule has 1 atom stereocenters. The molecule has 1 aliphatic rings. The first-order valence-corrected chi connectivity index (χ1v) is 18.5. The predicted molar refractivity (Wildman–Crippen MR) is 193 cm³/mol. The largest absolute Gasteiger partial charge is 1.00 e. The molecule has 5 rings (SSSR count). The molecule has 3 N–H and O–H groups in total. The fraction of sp³-hybridized carbons (Fsp3) is 0.184. The van der Waals surface area contributed by atoms with Crippen LogP contribution in [0.15, 0.2) is 120 Å². The van der Waals surface area contributed by atoms with E-state index in [0.29, 0.717) is 23.4 Å². The smallest absolute Gasteiger partial charge is 0.744 e. The fourth-order valence-corrected chi connectivity index (χ4v) is 7.08. The van der Waals surface area contributed by atoms with E-state index in [0.717, 1.165) is 51.3 Å². The van der Waals surface area contributed by atoms with Gasteiger partial charge < -0.3 is 15.2 Å². The molecule has 0 bridgehead atoms. The van der Waals surface area contributed by atoms with Crippen molar-refractivity contribution in [1.82, 2.24) is 0 Å². The summed E-state index contributed by atoms with van der Waals surface area (Å²) >= 11 is 0. The summed E-state index contributed by atoms with van der Waals surface area (Å²) in [4.78, 5) is -0.257. The summed E-state index contributed by atoms with van der Waals surface area (Å²) in [6.07, 6.45) is 8.02. The minimum absolute atomic E-state index is 0. The van der Waals surface area contributed by atoms with Crippen molar-refractivity contribution in [3.8, 4) is 0 Å². The third-order valence-corrected chi connectivity index (χ3v) is 10.0. The van der Waals surface area contributed by atoms with Gasteiger partial charge >= 0.3 is 29.6 Å². The van der Waals surface area contributed by atoms with Gasteiger partial charge in [0.15, 0.2) is 12.3 Å². The number of benzene rings is 4. The second kappa shape index (κ2) is 16.5. The zero-order chi connectivity index (χ0) is 35.3. The van der Waals surface area contributed by atoms with E-state index in [1.165, 1.54) is 18.2 Å². The van der Waals surface area contributed by atoms with Crippen LogP contribution >= 0.6 is 0 Å². The van der Waals surface area contributed by atoms with Crippen LogP contribution in [0.2, 0.25) is 0 Å². The van der Waals surface area contributed by atoms with Gasteiger partial charge in [-0.25, -0.2) is 13.0 Å². The Morgan fingerprint density at radius 1 is 0.880 bits per heavy atom. The molecular formula is C38H38N3NaO6S2. The molecule has 4 aromatic carbocycles. The van der Waals surface area contributed by atoms with E-state index >= 15 is 0 Å². The molecule has 1 unspecified atom stereocenters. The molecule has 0 radical (unpaired) electrons. The van der Waals surface area contributed by atoms with Crippen LogP contribution in [0.1, 0.15) is 45.7 Å². The molecule has 9 nitrogen and oxygen atoms in total. The Morgan fingerprint density at radius 2 is 1.52 bits per heavy atom. The van der Waals surface area contributed by atoms with Crippen molar-refractivity contribution < 1.29 is 60.1 Å². The summed E-state index contributed by atoms with van der Waals surface area (Å²) in [5.41, 5.74) is 9.23. The minimum atomic E-state index is -4.55. The number of allylic oxidation sites excluding steroid dienone is 5. The number of hydrogen-bond acceptors (Lipinski definition) is 7. The van der Waals surface area contributed by atoms with Gasteiger partial charge in [-0.15, -0.1) is 5.56 Å². The van der Waals surface area contributed by atoms with Gasteiger partial charge in [0, 0.05) is 35.6 Å². The van der Waals surface area contributed by atoms with E-state index in [9.17, 15) is 25.9 Å². The SMILES string of the molecule is CCNc1ccc(C(=C2C=CC(=[N+](C)Cc3cccc(S(=O)(=O)[O-])c3)C=C2)c2ccc(NC(c3c[c-]ccc3)S(=O)(=O)O)c(C)c2)cc1C.[Na+]. The summed E-state index contributed by atoms with van der Waals surface area (Å²) in [6.45, 7) is 7.17. The maximum atomic E-state index is 12.4. The van der Waals surface area contributed by atoms with Gasteiger partial charge in [0.05, 0.1) is 4.90 Å². The Hall–Kier alpha value is -3.81. The molecule has 0 aliphatic heterocycles. The van der Waals surface area contributed by atoms with Crippen LogP contribution in [0.25, 0.3) is 5.57 Å². The van der Waals surface area contributed by atoms with Crippen molar-refractivity contribution in [1.29, 1.82) is 0 Å². The third kappa shape index (κ3) is 9.49. The van der Waals surface area contributed by atoms with Crippen LogP contribution in [0.3, 0.4) is 0 Å². The van der Waals surface area contributed by atoms with Crippen LogP contribution in [-0.2, 0) is 26.8 Å². The topological polar surface area (TPSA) is 139 Å². The van der Waals surface area contributed by atoms with Crippen LogP contribution < -0.4 is 40.2 Å². The fourth-order valence-electron chi connectivity index (χ4n) is 5.78. The quantitative estimate of drug-likeness (QED) is 0.0925. The van der Waals surface area contributed by atoms with E-state index in [2.05, 4.69) is 41.8 Å². The number of anilines is 2. The third-order valence-electron chi connectivity index (χ3n) is 8.22. The first-order chi connectivity index (χ1) is 23.2. The molecular weight excluding hydrogens is 682 g/mol. The Bertz CT molecular complexity index is 2210. The van der Waals surface area contributed by atoms with Crippen molar-refractivity contribution >= 4 is 42.9 Å². The molecule has 12 heteroatoms. The monoisotopic (exact) mass is 719 g/mol. The normalized spacial score (nSPS) is 13.4. The second-order valence-corrected chi connectivity index (χ2v) is 14.7. The summed E-state index contributed by atoms with van der Waals surface area (Å²) in [5, 5.41) is 5.02. The van der Waals surface area contributed by atoms with Gasteiger partial charge in [-0.1, -0.05) is 24.3 Å². The predicted octanol–water partition coefficient (Wildman–Crippen LogP) is 3.65. The number of nitrogens with zero attached hydrogens (tertiary/aromatic N) is 1. The molecule has 50 heavy (non-hydrogen) atoms. The average Bonchev–Trinajstić information content (AvgIpc) is 3.05. The maximum absolute atomic E-state index is 12.4. The van der Waals surface area contributed by atoms with Gasteiger partial charge in [-0.3, -0.25) is 4.55 Å². The van der Waals surface area contributed by atoms with E-state index in [-0.39, 0.29) is 34.5 Å². The summed E-state index contributed by atoms with van der Waals surface area (Å²) < 4.78 is 71.3. The molecule has 0 saturated carbocycles. The Kier molecular flexibility index (Phi) is 12.8. The molecule has 0 amide bonds. The molecule has 0 heterocycles. The zero-order valence-electron chi connectivity index (χ0n) is 28.6. The average molecular weight is 720 g/mol. The van der Waals surface area contributed by atoms with Crippen LogP contribution in [-0.4, -0.2) is 49.8 Å². The summed E-state index contributed by atoms with van der Waals surface area (Å²) in [7, 11) is -7.15. The van der Waals surface area contributed by atoms with E-state index in [4.69, 9.17) is 0 Å². The standard InChI is InChI=1S/C38H38N3O6S2.Na/c1-5-39-35-20-16-31(22-26(35)2)37(29-14-18-33(19-15-29)41(4)25-28-10-9-13-34(24-28)48(42,43)44)32-17-21-36(27(3)23-32)40-38(49(45,46)47)30-11-7-6-8-12-30;/h6-7,9-24,38H,5,25H2,1-4H3,(H3,39,40,42,43,44,45,46,47);/q-1;+1. The molecule has 0 fully saturated rings. The molecule has 0 spiro atoms. The van der Waals surface area contributed by atoms with Crippen LogP contribution in [0, 0.1) is 19.9 Å². The van der Waals surface area contributed by atoms with Crippen molar-refractivity contribution in [2.24, 2.45) is 0 Å². The van der Waals surface area contributed by atoms with E-state index < -0.39 is 25.6 Å². The minimum Gasteiger partial charge on any atom is -0.744 e. The summed E-state index contributed by atoms with van der Waals surface area (Å²) in [5.74, 6) is 0. The zero-order valence-corrected chi connectivity index (χ0v) is 32.3. The summed E-state index contributed by atoms with van der Waals surface area (Å²) in [6, 6.07) is 27.3. The number of hydrogen-bond donors (Lipinski definition) is 3. The van der Waals surface area contributed by atoms with Crippen LogP contribution in [0.4, 0.5) is 11.4 Å². The number of rotatable bonds is 11. The Labute approximate surface area is 317 Å². The van der Waals surface area contributed by atoms with Crippen molar-refractivity contribution in [2.75, 3.05) is 24.2 Å². The molecule has 0 aromatic heterocycles. The van der Waals surface area contributed by atoms with E-state index in [1.54, 1.807) is 30.3 Å². The van der Waals surface area contributed by atoms with Gasteiger partial charge in [0.1, 0.15) is 22.5 Å².